The largest absolute Gasteiger partial charge is 0.462 e. The number of halogens is 2. The number of aromatic nitrogens is 3. The molecule has 1 aliphatic carbocycles. The van der Waals surface area contributed by atoms with E-state index >= 15 is 0 Å². The summed E-state index contributed by atoms with van der Waals surface area (Å²) in [4.78, 5) is 3.12. The Bertz CT molecular complexity index is 928. The number of rotatable bonds is 8. The number of alkyl halides is 1. The molecule has 0 amide bonds. The van der Waals surface area contributed by atoms with Crippen LogP contribution in [-0.2, 0) is 17.7 Å². The molecule has 1 saturated heterocycles. The lowest BCUT2D eigenvalue weighted by Gasteiger charge is -2.39. The van der Waals surface area contributed by atoms with Gasteiger partial charge >= 0.3 is 0 Å². The summed E-state index contributed by atoms with van der Waals surface area (Å²) in [6.45, 7) is -0.412. The van der Waals surface area contributed by atoms with E-state index in [1.807, 2.05) is 0 Å². The predicted molar refractivity (Wildman–Crippen MR) is 112 cm³/mol. The van der Waals surface area contributed by atoms with Crippen molar-refractivity contribution in [2.45, 2.75) is 67.0 Å². The maximum atomic E-state index is 11.4. The van der Waals surface area contributed by atoms with Crippen molar-refractivity contribution in [3.63, 3.8) is 0 Å². The molecule has 5 N–H and O–H groups in total. The summed E-state index contributed by atoms with van der Waals surface area (Å²) < 4.78 is 12.5. The molecule has 0 spiro atoms. The van der Waals surface area contributed by atoms with Crippen molar-refractivity contribution in [1.82, 2.24) is 14.8 Å². The van der Waals surface area contributed by atoms with E-state index in [2.05, 4.69) is 10.1 Å². The molecule has 2 fully saturated rings. The Labute approximate surface area is 193 Å². The van der Waals surface area contributed by atoms with Gasteiger partial charge in [0.25, 0.3) is 0 Å². The van der Waals surface area contributed by atoms with Gasteiger partial charge in [-0.3, -0.25) is 0 Å². The maximum Gasteiger partial charge on any atom is 0.229 e. The highest BCUT2D eigenvalue weighted by atomic mass is 35.5. The van der Waals surface area contributed by atoms with Gasteiger partial charge in [0.2, 0.25) is 6.29 Å². The summed E-state index contributed by atoms with van der Waals surface area (Å²) in [5.74, 6) is 0.231. The lowest BCUT2D eigenvalue weighted by atomic mass is 9.89. The van der Waals surface area contributed by atoms with Gasteiger partial charge in [0, 0.05) is 11.4 Å². The number of aliphatic hydroxyl groups is 5. The topological polar surface area (TPSA) is 150 Å². The third-order valence-corrected chi connectivity index (χ3v) is 7.10. The Morgan fingerprint density at radius 3 is 2.56 bits per heavy atom. The highest BCUT2D eigenvalue weighted by molar-refractivity contribution is 6.31. The van der Waals surface area contributed by atoms with E-state index in [1.165, 1.54) is 23.4 Å². The zero-order chi connectivity index (χ0) is 23.1. The average molecular weight is 490 g/mol. The van der Waals surface area contributed by atoms with Crippen molar-refractivity contribution < 1.29 is 35.0 Å². The second-order valence-electron chi connectivity index (χ2n) is 8.34. The van der Waals surface area contributed by atoms with E-state index in [0.29, 0.717) is 23.4 Å². The van der Waals surface area contributed by atoms with Crippen LogP contribution < -0.4 is 4.74 Å². The fourth-order valence-corrected chi connectivity index (χ4v) is 4.33. The monoisotopic (exact) mass is 489 g/mol. The minimum atomic E-state index is -1.55. The van der Waals surface area contributed by atoms with E-state index in [-0.39, 0.29) is 18.7 Å². The summed E-state index contributed by atoms with van der Waals surface area (Å²) in [6.07, 6.45) is -2.60. The van der Waals surface area contributed by atoms with Gasteiger partial charge in [-0.15, -0.1) is 11.6 Å². The second kappa shape index (κ2) is 9.03. The third kappa shape index (κ3) is 4.59. The van der Waals surface area contributed by atoms with Crippen molar-refractivity contribution in [2.24, 2.45) is 0 Å². The molecule has 6 atom stereocenters. The molecule has 176 valence electrons. The molecule has 1 saturated carbocycles. The summed E-state index contributed by atoms with van der Waals surface area (Å²) >= 11 is 13.1. The number of hydrogen-bond acceptors (Lipinski definition) is 9. The van der Waals surface area contributed by atoms with Gasteiger partial charge in [0.15, 0.2) is 0 Å². The van der Waals surface area contributed by atoms with Crippen LogP contribution in [-0.4, -0.2) is 88.1 Å². The van der Waals surface area contributed by atoms with E-state index in [9.17, 15) is 25.5 Å². The van der Waals surface area contributed by atoms with Gasteiger partial charge in [-0.05, 0) is 30.5 Å². The molecule has 4 rings (SSSR count). The van der Waals surface area contributed by atoms with Crippen molar-refractivity contribution in [2.75, 3.05) is 6.61 Å². The SMILES string of the molecule is OC[C@H]1O[C@H](Oc2ccc(CC(O)(Cn3cncn3)C3(Cl)CC3)c(Cl)c2)[C@H](O)[C@@H](O)[C@@H]1O. The number of nitrogens with zero attached hydrogens (tertiary/aromatic N) is 3. The summed E-state index contributed by atoms with van der Waals surface area (Å²) in [6, 6.07) is 4.73. The average Bonchev–Trinajstić information content (AvgIpc) is 3.32. The minimum Gasteiger partial charge on any atom is -0.462 e. The normalized spacial score (nSPS) is 31.2. The summed E-state index contributed by atoms with van der Waals surface area (Å²) in [7, 11) is 0. The van der Waals surface area contributed by atoms with Crippen LogP contribution in [0.1, 0.15) is 18.4 Å². The van der Waals surface area contributed by atoms with Crippen molar-refractivity contribution in [3.8, 4) is 5.75 Å². The van der Waals surface area contributed by atoms with Crippen molar-refractivity contribution in [3.05, 3.63) is 41.4 Å². The summed E-state index contributed by atoms with van der Waals surface area (Å²) in [5.41, 5.74) is -0.687. The van der Waals surface area contributed by atoms with Gasteiger partial charge in [-0.25, -0.2) is 9.67 Å². The molecule has 12 heteroatoms. The standard InChI is InChI=1S/C20H25Cl2N3O7/c21-13-5-12(31-18-17(29)16(28)15(27)14(7-26)32-18)2-1-11(13)6-20(30,19(22)3-4-19)8-25-10-23-9-24-25/h1-2,5,9-10,14-18,26-30H,3-4,6-8H2/t14-,15-,16+,17-,18+,20?/m1/s1. The van der Waals surface area contributed by atoms with Crippen LogP contribution in [0.15, 0.2) is 30.9 Å². The first-order valence-electron chi connectivity index (χ1n) is 10.2. The number of benzene rings is 1. The first-order chi connectivity index (χ1) is 15.2. The zero-order valence-corrected chi connectivity index (χ0v) is 18.5. The molecule has 1 aromatic carbocycles. The van der Waals surface area contributed by atoms with Crippen LogP contribution in [0.2, 0.25) is 5.02 Å². The zero-order valence-electron chi connectivity index (χ0n) is 17.0. The smallest absolute Gasteiger partial charge is 0.229 e. The van der Waals surface area contributed by atoms with E-state index in [0.717, 1.165) is 0 Å². The Morgan fingerprint density at radius 1 is 1.22 bits per heavy atom. The minimum absolute atomic E-state index is 0.149. The molecule has 1 unspecified atom stereocenters. The molecular weight excluding hydrogens is 465 g/mol. The molecule has 2 heterocycles. The molecule has 0 radical (unpaired) electrons. The van der Waals surface area contributed by atoms with Gasteiger partial charge in [0.1, 0.15) is 48.4 Å². The fraction of sp³-hybridized carbons (Fsp3) is 0.600. The molecule has 0 bridgehead atoms. The quantitative estimate of drug-likeness (QED) is 0.319. The maximum absolute atomic E-state index is 11.4. The molecule has 2 aromatic rings. The molecule has 10 nitrogen and oxygen atoms in total. The van der Waals surface area contributed by atoms with Gasteiger partial charge in [0.05, 0.1) is 18.0 Å². The van der Waals surface area contributed by atoms with Crippen LogP contribution in [0.25, 0.3) is 0 Å². The first kappa shape index (κ1) is 23.7. The number of ether oxygens (including phenoxy) is 2. The molecule has 1 aromatic heterocycles. The third-order valence-electron chi connectivity index (χ3n) is 6.02. The lowest BCUT2D eigenvalue weighted by Crippen LogP contribution is -2.60. The van der Waals surface area contributed by atoms with E-state index in [4.69, 9.17) is 32.7 Å². The van der Waals surface area contributed by atoms with Gasteiger partial charge < -0.3 is 35.0 Å². The highest BCUT2D eigenvalue weighted by Crippen LogP contribution is 2.53. The number of aliphatic hydroxyl groups excluding tert-OH is 4. The van der Waals surface area contributed by atoms with Crippen LogP contribution in [0.3, 0.4) is 0 Å². The predicted octanol–water partition coefficient (Wildman–Crippen LogP) is -0.145. The lowest BCUT2D eigenvalue weighted by molar-refractivity contribution is -0.277. The second-order valence-corrected chi connectivity index (χ2v) is 9.47. The fourth-order valence-electron chi connectivity index (χ4n) is 3.87. The number of hydrogen-bond donors (Lipinski definition) is 5. The summed E-state index contributed by atoms with van der Waals surface area (Å²) in [5, 5.41) is 55.0. The Morgan fingerprint density at radius 2 is 1.97 bits per heavy atom. The van der Waals surface area contributed by atoms with Crippen LogP contribution in [0.5, 0.6) is 5.75 Å². The van der Waals surface area contributed by atoms with E-state index < -0.39 is 47.8 Å². The molecular formula is C20H25Cl2N3O7. The van der Waals surface area contributed by atoms with Crippen molar-refractivity contribution >= 4 is 23.2 Å². The Hall–Kier alpha value is -1.50. The molecule has 1 aliphatic heterocycles. The first-order valence-corrected chi connectivity index (χ1v) is 10.9. The van der Waals surface area contributed by atoms with Crippen LogP contribution >= 0.6 is 23.2 Å². The van der Waals surface area contributed by atoms with Gasteiger partial charge in [-0.2, -0.15) is 5.10 Å². The van der Waals surface area contributed by atoms with Crippen LogP contribution in [0, 0.1) is 0 Å². The Kier molecular flexibility index (Phi) is 6.68. The Balaban J connectivity index is 1.49. The van der Waals surface area contributed by atoms with Crippen molar-refractivity contribution in [1.29, 1.82) is 0 Å². The van der Waals surface area contributed by atoms with Crippen LogP contribution in [0.4, 0.5) is 0 Å². The van der Waals surface area contributed by atoms with E-state index in [1.54, 1.807) is 12.1 Å². The molecule has 32 heavy (non-hydrogen) atoms. The van der Waals surface area contributed by atoms with Gasteiger partial charge in [-0.1, -0.05) is 17.7 Å². The highest BCUT2D eigenvalue weighted by Gasteiger charge is 2.58. The molecule has 2 aliphatic rings.